The van der Waals surface area contributed by atoms with E-state index < -0.39 is 17.8 Å². The number of urea groups is 1. The highest BCUT2D eigenvalue weighted by atomic mass is 19.4. The standard InChI is InChI=1S/C18H15F3N4O/c19-18(20,21)14-7-5-12(6-8-14)10-25-11-13(9-23-24-17(22)26)15-3-1-2-4-16(15)25/h1-9,11H,10H2,(H3,22,24,26). The van der Waals surface area contributed by atoms with Crippen LogP contribution in [-0.2, 0) is 12.7 Å². The third-order valence-electron chi connectivity index (χ3n) is 3.83. The Bertz CT molecular complexity index is 959. The summed E-state index contributed by atoms with van der Waals surface area (Å²) in [7, 11) is 0. The Hall–Kier alpha value is -3.29. The second-order valence-electron chi connectivity index (χ2n) is 5.66. The van der Waals surface area contributed by atoms with E-state index in [4.69, 9.17) is 5.73 Å². The van der Waals surface area contributed by atoms with E-state index in [2.05, 4.69) is 10.5 Å². The van der Waals surface area contributed by atoms with Gasteiger partial charge in [-0.2, -0.15) is 18.3 Å². The molecule has 26 heavy (non-hydrogen) atoms. The van der Waals surface area contributed by atoms with E-state index in [1.165, 1.54) is 18.3 Å². The number of primary amides is 1. The summed E-state index contributed by atoms with van der Waals surface area (Å²) in [5.74, 6) is 0. The van der Waals surface area contributed by atoms with E-state index in [1.54, 1.807) is 0 Å². The Balaban J connectivity index is 1.90. The number of hydrogen-bond acceptors (Lipinski definition) is 2. The number of carbonyl (C=O) groups is 1. The maximum atomic E-state index is 12.7. The predicted molar refractivity (Wildman–Crippen MR) is 92.8 cm³/mol. The van der Waals surface area contributed by atoms with Crippen LogP contribution in [0.4, 0.5) is 18.0 Å². The van der Waals surface area contributed by atoms with Crippen LogP contribution in [0.2, 0.25) is 0 Å². The predicted octanol–water partition coefficient (Wildman–Crippen LogP) is 3.71. The summed E-state index contributed by atoms with van der Waals surface area (Å²) in [6.07, 6.45) is -1.07. The lowest BCUT2D eigenvalue weighted by atomic mass is 10.1. The third kappa shape index (κ3) is 3.85. The first-order valence-electron chi connectivity index (χ1n) is 7.67. The molecule has 134 valence electrons. The fourth-order valence-electron chi connectivity index (χ4n) is 2.67. The molecule has 0 radical (unpaired) electrons. The van der Waals surface area contributed by atoms with Crippen molar-refractivity contribution in [2.45, 2.75) is 12.7 Å². The summed E-state index contributed by atoms with van der Waals surface area (Å²) < 4.78 is 39.9. The highest BCUT2D eigenvalue weighted by Crippen LogP contribution is 2.29. The van der Waals surface area contributed by atoms with Gasteiger partial charge in [-0.05, 0) is 23.8 Å². The number of amides is 2. The smallest absolute Gasteiger partial charge is 0.350 e. The molecule has 1 aromatic heterocycles. The van der Waals surface area contributed by atoms with E-state index in [0.29, 0.717) is 6.54 Å². The Morgan fingerprint density at radius 3 is 2.50 bits per heavy atom. The number of halogens is 3. The van der Waals surface area contributed by atoms with Crippen LogP contribution in [-0.4, -0.2) is 16.8 Å². The number of fused-ring (bicyclic) bond motifs is 1. The van der Waals surface area contributed by atoms with Gasteiger partial charge in [0.2, 0.25) is 0 Å². The highest BCUT2D eigenvalue weighted by molar-refractivity contribution is 5.99. The van der Waals surface area contributed by atoms with Crippen LogP contribution < -0.4 is 11.2 Å². The number of nitrogens with two attached hydrogens (primary N) is 1. The largest absolute Gasteiger partial charge is 0.416 e. The number of nitrogens with zero attached hydrogens (tertiary/aromatic N) is 2. The molecule has 0 spiro atoms. The molecule has 0 fully saturated rings. The lowest BCUT2D eigenvalue weighted by molar-refractivity contribution is -0.137. The van der Waals surface area contributed by atoms with E-state index in [-0.39, 0.29) is 0 Å². The Kier molecular flexibility index (Phi) is 4.66. The summed E-state index contributed by atoms with van der Waals surface area (Å²) in [6, 6.07) is 11.8. The zero-order chi connectivity index (χ0) is 18.7. The third-order valence-corrected chi connectivity index (χ3v) is 3.83. The number of aromatic nitrogens is 1. The molecule has 3 rings (SSSR count). The average molecular weight is 360 g/mol. The van der Waals surface area contributed by atoms with Gasteiger partial charge >= 0.3 is 12.2 Å². The Labute approximate surface area is 146 Å². The van der Waals surface area contributed by atoms with E-state index in [1.807, 2.05) is 35.0 Å². The number of carbonyl (C=O) groups excluding carboxylic acids is 1. The molecule has 0 saturated carbocycles. The summed E-state index contributed by atoms with van der Waals surface area (Å²) in [6.45, 7) is 0.399. The van der Waals surface area contributed by atoms with Gasteiger partial charge in [-0.3, -0.25) is 0 Å². The number of rotatable bonds is 4. The van der Waals surface area contributed by atoms with Gasteiger partial charge in [0.05, 0.1) is 11.8 Å². The lowest BCUT2D eigenvalue weighted by Gasteiger charge is -2.09. The van der Waals surface area contributed by atoms with Crippen LogP contribution in [0.3, 0.4) is 0 Å². The number of benzene rings is 2. The molecule has 2 amide bonds. The maximum absolute atomic E-state index is 12.7. The fourth-order valence-corrected chi connectivity index (χ4v) is 2.67. The van der Waals surface area contributed by atoms with Crippen LogP contribution in [0.5, 0.6) is 0 Å². The minimum Gasteiger partial charge on any atom is -0.350 e. The molecule has 0 aliphatic carbocycles. The van der Waals surface area contributed by atoms with Crippen LogP contribution in [0, 0.1) is 0 Å². The van der Waals surface area contributed by atoms with Crippen molar-refractivity contribution in [2.75, 3.05) is 0 Å². The Morgan fingerprint density at radius 2 is 1.85 bits per heavy atom. The maximum Gasteiger partial charge on any atom is 0.416 e. The molecule has 8 heteroatoms. The minimum atomic E-state index is -4.35. The molecule has 0 aliphatic heterocycles. The Morgan fingerprint density at radius 1 is 1.15 bits per heavy atom. The second-order valence-corrected chi connectivity index (χ2v) is 5.66. The molecular formula is C18H15F3N4O. The van der Waals surface area contributed by atoms with Crippen LogP contribution in [0.25, 0.3) is 10.9 Å². The van der Waals surface area contributed by atoms with Gasteiger partial charge < -0.3 is 10.3 Å². The van der Waals surface area contributed by atoms with Gasteiger partial charge in [-0.1, -0.05) is 30.3 Å². The summed E-state index contributed by atoms with van der Waals surface area (Å²) in [5, 5.41) is 4.66. The molecule has 0 saturated heterocycles. The van der Waals surface area contributed by atoms with Crippen molar-refractivity contribution in [3.63, 3.8) is 0 Å². The zero-order valence-electron chi connectivity index (χ0n) is 13.5. The van der Waals surface area contributed by atoms with Crippen molar-refractivity contribution < 1.29 is 18.0 Å². The van der Waals surface area contributed by atoms with Gasteiger partial charge in [-0.15, -0.1) is 0 Å². The van der Waals surface area contributed by atoms with Gasteiger partial charge in [0.15, 0.2) is 0 Å². The number of hydrazone groups is 1. The number of nitrogens with one attached hydrogen (secondary N) is 1. The van der Waals surface area contributed by atoms with Crippen molar-refractivity contribution in [3.8, 4) is 0 Å². The SMILES string of the molecule is NC(=O)NN=Cc1cn(Cc2ccc(C(F)(F)F)cc2)c2ccccc12. The normalized spacial score (nSPS) is 12.0. The van der Waals surface area contributed by atoms with Crippen molar-refractivity contribution in [3.05, 3.63) is 71.4 Å². The zero-order valence-corrected chi connectivity index (χ0v) is 13.5. The van der Waals surface area contributed by atoms with Gasteiger partial charge in [-0.25, -0.2) is 10.2 Å². The topological polar surface area (TPSA) is 72.4 Å². The van der Waals surface area contributed by atoms with Crippen molar-refractivity contribution in [2.24, 2.45) is 10.8 Å². The van der Waals surface area contributed by atoms with Crippen molar-refractivity contribution >= 4 is 23.1 Å². The lowest BCUT2D eigenvalue weighted by Crippen LogP contribution is -2.24. The number of hydrogen-bond donors (Lipinski definition) is 2. The molecule has 3 aromatic rings. The second kappa shape index (κ2) is 6.91. The van der Waals surface area contributed by atoms with E-state index >= 15 is 0 Å². The van der Waals surface area contributed by atoms with Crippen molar-refractivity contribution in [1.82, 2.24) is 9.99 Å². The number of alkyl halides is 3. The minimum absolute atomic E-state index is 0.399. The summed E-state index contributed by atoms with van der Waals surface area (Å²) in [4.78, 5) is 10.7. The molecule has 3 N–H and O–H groups in total. The highest BCUT2D eigenvalue weighted by Gasteiger charge is 2.29. The molecule has 5 nitrogen and oxygen atoms in total. The van der Waals surface area contributed by atoms with Crippen LogP contribution in [0.15, 0.2) is 59.8 Å². The molecule has 0 atom stereocenters. The van der Waals surface area contributed by atoms with Crippen molar-refractivity contribution in [1.29, 1.82) is 0 Å². The van der Waals surface area contributed by atoms with Crippen LogP contribution >= 0.6 is 0 Å². The molecule has 0 aliphatic rings. The molecular weight excluding hydrogens is 345 g/mol. The first kappa shape index (κ1) is 17.5. The van der Waals surface area contributed by atoms with Gasteiger partial charge in [0.25, 0.3) is 0 Å². The quantitative estimate of drug-likeness (QED) is 0.540. The van der Waals surface area contributed by atoms with E-state index in [0.717, 1.165) is 34.2 Å². The first-order chi connectivity index (χ1) is 12.3. The fraction of sp³-hybridized carbons (Fsp3) is 0.111. The first-order valence-corrected chi connectivity index (χ1v) is 7.67. The average Bonchev–Trinajstić information content (AvgIpc) is 2.92. The summed E-state index contributed by atoms with van der Waals surface area (Å²) >= 11 is 0. The molecule has 0 bridgehead atoms. The van der Waals surface area contributed by atoms with E-state index in [9.17, 15) is 18.0 Å². The molecule has 0 unspecified atom stereocenters. The van der Waals surface area contributed by atoms with Crippen LogP contribution in [0.1, 0.15) is 16.7 Å². The molecule has 2 aromatic carbocycles. The molecule has 1 heterocycles. The summed E-state index contributed by atoms with van der Waals surface area (Å²) in [5.41, 5.74) is 8.81. The van der Waals surface area contributed by atoms with Gasteiger partial charge in [0.1, 0.15) is 0 Å². The van der Waals surface area contributed by atoms with Gasteiger partial charge in [0, 0.05) is 29.2 Å². The number of para-hydroxylation sites is 1. The monoisotopic (exact) mass is 360 g/mol.